The van der Waals surface area contributed by atoms with Gasteiger partial charge < -0.3 is 10.4 Å². The molecular formula is C23H27N3O2. The van der Waals surface area contributed by atoms with Gasteiger partial charge in [-0.05, 0) is 56.5 Å². The number of carbonyl (C=O) groups excluding carboxylic acids is 1. The van der Waals surface area contributed by atoms with Crippen LogP contribution in [0.1, 0.15) is 38.4 Å². The summed E-state index contributed by atoms with van der Waals surface area (Å²) in [5.41, 5.74) is 5.92. The van der Waals surface area contributed by atoms with Gasteiger partial charge in [0.05, 0.1) is 24.9 Å². The predicted molar refractivity (Wildman–Crippen MR) is 110 cm³/mol. The van der Waals surface area contributed by atoms with Gasteiger partial charge in [0.15, 0.2) is 0 Å². The van der Waals surface area contributed by atoms with Crippen LogP contribution in [0.5, 0.6) is 0 Å². The summed E-state index contributed by atoms with van der Waals surface area (Å²) >= 11 is 0. The van der Waals surface area contributed by atoms with Gasteiger partial charge in [0.2, 0.25) is 0 Å². The monoisotopic (exact) mass is 377 g/mol. The van der Waals surface area contributed by atoms with Crippen LogP contribution in [-0.2, 0) is 13.0 Å². The van der Waals surface area contributed by atoms with Crippen LogP contribution in [-0.4, -0.2) is 33.4 Å². The third-order valence-electron chi connectivity index (χ3n) is 4.75. The molecule has 0 spiro atoms. The molecule has 3 rings (SSSR count). The van der Waals surface area contributed by atoms with E-state index >= 15 is 0 Å². The normalized spacial score (nSPS) is 12.0. The highest BCUT2D eigenvalue weighted by molar-refractivity contribution is 5.94. The van der Waals surface area contributed by atoms with Crippen molar-refractivity contribution in [1.82, 2.24) is 15.1 Å². The molecule has 0 bridgehead atoms. The Labute approximate surface area is 166 Å². The molecule has 0 saturated heterocycles. The van der Waals surface area contributed by atoms with Crippen molar-refractivity contribution < 1.29 is 9.90 Å². The highest BCUT2D eigenvalue weighted by Crippen LogP contribution is 2.11. The number of aliphatic hydroxyl groups excluding tert-OH is 1. The lowest BCUT2D eigenvalue weighted by molar-refractivity contribution is 0.0916. The van der Waals surface area contributed by atoms with Crippen molar-refractivity contribution in [1.29, 1.82) is 0 Å². The number of nitrogens with zero attached hydrogens (tertiary/aromatic N) is 2. The van der Waals surface area contributed by atoms with E-state index in [4.69, 9.17) is 0 Å². The number of amides is 1. The van der Waals surface area contributed by atoms with Crippen molar-refractivity contribution in [3.05, 3.63) is 88.2 Å². The summed E-state index contributed by atoms with van der Waals surface area (Å²) in [6, 6.07) is 17.4. The first kappa shape index (κ1) is 19.8. The van der Waals surface area contributed by atoms with Crippen molar-refractivity contribution in [3.63, 3.8) is 0 Å². The van der Waals surface area contributed by atoms with Crippen LogP contribution < -0.4 is 5.32 Å². The maximum absolute atomic E-state index is 12.7. The number of benzene rings is 2. The number of rotatable bonds is 7. The van der Waals surface area contributed by atoms with Crippen molar-refractivity contribution in [2.24, 2.45) is 0 Å². The van der Waals surface area contributed by atoms with Crippen LogP contribution in [0, 0.1) is 20.8 Å². The molecule has 1 aromatic heterocycles. The first-order valence-electron chi connectivity index (χ1n) is 9.52. The smallest absolute Gasteiger partial charge is 0.251 e. The topological polar surface area (TPSA) is 67.2 Å². The zero-order chi connectivity index (χ0) is 20.1. The van der Waals surface area contributed by atoms with Crippen molar-refractivity contribution >= 4 is 5.91 Å². The van der Waals surface area contributed by atoms with E-state index in [9.17, 15) is 9.90 Å². The molecule has 0 aliphatic heterocycles. The van der Waals surface area contributed by atoms with Crippen LogP contribution in [0.25, 0.3) is 0 Å². The molecule has 28 heavy (non-hydrogen) atoms. The Bertz CT molecular complexity index is 962. The van der Waals surface area contributed by atoms with Crippen molar-refractivity contribution in [3.8, 4) is 0 Å². The zero-order valence-electron chi connectivity index (χ0n) is 16.6. The first-order chi connectivity index (χ1) is 13.4. The summed E-state index contributed by atoms with van der Waals surface area (Å²) in [6.07, 6.45) is 0.593. The van der Waals surface area contributed by atoms with Crippen LogP contribution in [0.4, 0.5) is 0 Å². The molecule has 0 saturated carbocycles. The third-order valence-corrected chi connectivity index (χ3v) is 4.75. The summed E-state index contributed by atoms with van der Waals surface area (Å²) in [6.45, 7) is 6.54. The lowest BCUT2D eigenvalue weighted by Gasteiger charge is -2.17. The molecule has 2 N–H and O–H groups in total. The van der Waals surface area contributed by atoms with E-state index in [0.717, 1.165) is 28.1 Å². The highest BCUT2D eigenvalue weighted by atomic mass is 16.3. The first-order valence-corrected chi connectivity index (χ1v) is 9.52. The van der Waals surface area contributed by atoms with Gasteiger partial charge in [0, 0.05) is 11.3 Å². The number of hydrogen-bond donors (Lipinski definition) is 2. The van der Waals surface area contributed by atoms with Gasteiger partial charge in [-0.25, -0.2) is 0 Å². The number of nitrogens with one attached hydrogen (secondary N) is 1. The number of carbonyl (C=O) groups is 1. The third kappa shape index (κ3) is 5.08. The average molecular weight is 377 g/mol. The van der Waals surface area contributed by atoms with Gasteiger partial charge in [-0.2, -0.15) is 5.10 Å². The fourth-order valence-corrected chi connectivity index (χ4v) is 3.37. The maximum Gasteiger partial charge on any atom is 0.251 e. The molecule has 0 aliphatic rings. The molecule has 0 fully saturated rings. The summed E-state index contributed by atoms with van der Waals surface area (Å²) < 4.78 is 1.93. The molecule has 2 aromatic carbocycles. The molecule has 1 heterocycles. The van der Waals surface area contributed by atoms with Crippen LogP contribution >= 0.6 is 0 Å². The quantitative estimate of drug-likeness (QED) is 0.664. The summed E-state index contributed by atoms with van der Waals surface area (Å²) in [4.78, 5) is 12.7. The van der Waals surface area contributed by atoms with Gasteiger partial charge in [-0.15, -0.1) is 0 Å². The van der Waals surface area contributed by atoms with E-state index in [2.05, 4.69) is 16.5 Å². The lowest BCUT2D eigenvalue weighted by atomic mass is 10.0. The molecule has 5 heteroatoms. The van der Waals surface area contributed by atoms with Crippen LogP contribution in [0.2, 0.25) is 0 Å². The molecule has 3 aromatic rings. The second-order valence-corrected chi connectivity index (χ2v) is 7.33. The summed E-state index contributed by atoms with van der Waals surface area (Å²) in [7, 11) is 0. The molecule has 1 atom stereocenters. The van der Waals surface area contributed by atoms with E-state index in [1.54, 1.807) is 6.07 Å². The minimum atomic E-state index is -0.325. The Hall–Kier alpha value is -2.92. The van der Waals surface area contributed by atoms with Gasteiger partial charge in [-0.3, -0.25) is 9.48 Å². The van der Waals surface area contributed by atoms with Crippen molar-refractivity contribution in [2.75, 3.05) is 6.61 Å². The zero-order valence-corrected chi connectivity index (χ0v) is 16.6. The van der Waals surface area contributed by atoms with Gasteiger partial charge in [-0.1, -0.05) is 42.0 Å². The van der Waals surface area contributed by atoms with Gasteiger partial charge in [0.1, 0.15) is 0 Å². The Morgan fingerprint density at radius 3 is 2.50 bits per heavy atom. The maximum atomic E-state index is 12.7. The lowest BCUT2D eigenvalue weighted by Crippen LogP contribution is -2.39. The van der Waals surface area contributed by atoms with E-state index in [1.165, 1.54) is 0 Å². The second-order valence-electron chi connectivity index (χ2n) is 7.33. The molecule has 0 radical (unpaired) electrons. The predicted octanol–water partition coefficient (Wildman–Crippen LogP) is 3.19. The fourth-order valence-electron chi connectivity index (χ4n) is 3.37. The SMILES string of the molecule is Cc1cccc(CC(CO)NC(=O)c2cccc(Cn3nc(C)cc3C)c2)c1. The van der Waals surface area contributed by atoms with E-state index in [-0.39, 0.29) is 18.6 Å². The van der Waals surface area contributed by atoms with Gasteiger partial charge >= 0.3 is 0 Å². The van der Waals surface area contributed by atoms with E-state index in [0.29, 0.717) is 18.5 Å². The fraction of sp³-hybridized carbons (Fsp3) is 0.304. The molecule has 0 aliphatic carbocycles. The molecule has 1 amide bonds. The van der Waals surface area contributed by atoms with Crippen molar-refractivity contribution in [2.45, 2.75) is 39.8 Å². The summed E-state index contributed by atoms with van der Waals surface area (Å²) in [5, 5.41) is 17.1. The Kier molecular flexibility index (Phi) is 6.26. The largest absolute Gasteiger partial charge is 0.394 e. The molecule has 5 nitrogen and oxygen atoms in total. The number of aliphatic hydroxyl groups is 1. The minimum absolute atomic E-state index is 0.106. The molecule has 146 valence electrons. The summed E-state index contributed by atoms with van der Waals surface area (Å²) in [5.74, 6) is -0.179. The Balaban J connectivity index is 1.68. The van der Waals surface area contributed by atoms with Gasteiger partial charge in [0.25, 0.3) is 5.91 Å². The second kappa shape index (κ2) is 8.85. The van der Waals surface area contributed by atoms with Crippen LogP contribution in [0.3, 0.4) is 0 Å². The standard InChI is InChI=1S/C23H27N3O2/c1-16-6-4-7-19(10-16)13-22(15-27)24-23(28)21-9-5-8-20(12-21)14-26-18(3)11-17(2)25-26/h4-12,22,27H,13-15H2,1-3H3,(H,24,28). The molecule has 1 unspecified atom stereocenters. The number of aryl methyl sites for hydroxylation is 3. The highest BCUT2D eigenvalue weighted by Gasteiger charge is 2.14. The van der Waals surface area contributed by atoms with E-state index < -0.39 is 0 Å². The number of hydrogen-bond acceptors (Lipinski definition) is 3. The van der Waals surface area contributed by atoms with E-state index in [1.807, 2.05) is 67.9 Å². The Morgan fingerprint density at radius 2 is 1.82 bits per heavy atom. The number of aromatic nitrogens is 2. The molecular weight excluding hydrogens is 350 g/mol. The Morgan fingerprint density at radius 1 is 1.07 bits per heavy atom. The minimum Gasteiger partial charge on any atom is -0.394 e. The van der Waals surface area contributed by atoms with Crippen LogP contribution in [0.15, 0.2) is 54.6 Å². The average Bonchev–Trinajstić information content (AvgIpc) is 2.98.